The van der Waals surface area contributed by atoms with Crippen molar-refractivity contribution in [3.63, 3.8) is 0 Å². The van der Waals surface area contributed by atoms with Crippen LogP contribution in [0.15, 0.2) is 34.9 Å². The first-order chi connectivity index (χ1) is 12.0. The summed E-state index contributed by atoms with van der Waals surface area (Å²) in [6.07, 6.45) is 1.31. The van der Waals surface area contributed by atoms with Gasteiger partial charge in [0.15, 0.2) is 11.5 Å². The highest BCUT2D eigenvalue weighted by molar-refractivity contribution is 6.31. The van der Waals surface area contributed by atoms with Gasteiger partial charge in [0.05, 0.1) is 18.7 Å². The van der Waals surface area contributed by atoms with Gasteiger partial charge in [-0.2, -0.15) is 0 Å². The summed E-state index contributed by atoms with van der Waals surface area (Å²) in [6.45, 7) is 4.09. The normalized spacial score (nSPS) is 17.4. The fraction of sp³-hybridized carbons (Fsp3) is 0.444. The lowest BCUT2D eigenvalue weighted by atomic mass is 10.1. The number of hydrogen-bond acceptors (Lipinski definition) is 5. The molecule has 1 fully saturated rings. The van der Waals surface area contributed by atoms with Crippen molar-refractivity contribution in [1.82, 2.24) is 15.4 Å². The van der Waals surface area contributed by atoms with E-state index >= 15 is 0 Å². The average molecular weight is 364 g/mol. The lowest BCUT2D eigenvalue weighted by molar-refractivity contribution is 0.0748. The van der Waals surface area contributed by atoms with Gasteiger partial charge in [0, 0.05) is 24.2 Å². The number of aliphatic hydroxyl groups is 1. The fourth-order valence-electron chi connectivity index (χ4n) is 2.97. The minimum atomic E-state index is -0.295. The van der Waals surface area contributed by atoms with E-state index in [2.05, 4.69) is 15.4 Å². The Morgan fingerprint density at radius 2 is 2.16 bits per heavy atom. The molecule has 0 aliphatic carbocycles. The standard InChI is InChI=1S/C18H22ClN3O3/c1-12(15-4-2-3-5-16(15)19)20-18(24)17-10-14(25-21-17)11-22-8-6-13(23)7-9-22/h2-5,10,12-13,23H,6-9,11H2,1H3,(H,20,24)/t12-/m1/s1. The Hall–Kier alpha value is -1.89. The molecule has 7 heteroatoms. The Morgan fingerprint density at radius 1 is 1.44 bits per heavy atom. The molecule has 0 spiro atoms. The van der Waals surface area contributed by atoms with E-state index in [0.29, 0.717) is 17.3 Å². The van der Waals surface area contributed by atoms with Gasteiger partial charge >= 0.3 is 0 Å². The van der Waals surface area contributed by atoms with Crippen LogP contribution >= 0.6 is 11.6 Å². The van der Waals surface area contributed by atoms with Crippen LogP contribution in [0.3, 0.4) is 0 Å². The van der Waals surface area contributed by atoms with Gasteiger partial charge in [-0.3, -0.25) is 9.69 Å². The molecule has 25 heavy (non-hydrogen) atoms. The second-order valence-corrected chi connectivity index (χ2v) is 6.81. The third-order valence-corrected chi connectivity index (χ3v) is 4.79. The molecular formula is C18H22ClN3O3. The highest BCUT2D eigenvalue weighted by atomic mass is 35.5. The molecule has 6 nitrogen and oxygen atoms in total. The van der Waals surface area contributed by atoms with E-state index in [1.807, 2.05) is 25.1 Å². The number of carbonyl (C=O) groups excluding carboxylic acids is 1. The number of likely N-dealkylation sites (tertiary alicyclic amines) is 1. The Labute approximate surface area is 151 Å². The van der Waals surface area contributed by atoms with Crippen LogP contribution in [-0.2, 0) is 6.54 Å². The van der Waals surface area contributed by atoms with Crippen LogP contribution in [0.4, 0.5) is 0 Å². The molecule has 134 valence electrons. The van der Waals surface area contributed by atoms with Crippen LogP contribution in [-0.4, -0.2) is 40.3 Å². The quantitative estimate of drug-likeness (QED) is 0.854. The summed E-state index contributed by atoms with van der Waals surface area (Å²) in [5, 5.41) is 16.9. The van der Waals surface area contributed by atoms with Crippen molar-refractivity contribution in [3.8, 4) is 0 Å². The van der Waals surface area contributed by atoms with E-state index in [1.165, 1.54) is 0 Å². The average Bonchev–Trinajstić information content (AvgIpc) is 3.06. The number of amides is 1. The van der Waals surface area contributed by atoms with Gasteiger partial charge in [-0.15, -0.1) is 0 Å². The number of rotatable bonds is 5. The Morgan fingerprint density at radius 3 is 2.88 bits per heavy atom. The first-order valence-electron chi connectivity index (χ1n) is 8.44. The van der Waals surface area contributed by atoms with Crippen molar-refractivity contribution < 1.29 is 14.4 Å². The zero-order valence-electron chi connectivity index (χ0n) is 14.1. The van der Waals surface area contributed by atoms with E-state index in [0.717, 1.165) is 31.5 Å². The van der Waals surface area contributed by atoms with Gasteiger partial charge in [-0.05, 0) is 31.4 Å². The Kier molecular flexibility index (Phi) is 5.73. The Bertz CT molecular complexity index is 726. The van der Waals surface area contributed by atoms with Crippen LogP contribution < -0.4 is 5.32 Å². The molecule has 1 saturated heterocycles. The van der Waals surface area contributed by atoms with Crippen LogP contribution in [0, 0.1) is 0 Å². The predicted octanol–water partition coefficient (Wildman–Crippen LogP) is 2.78. The molecule has 2 N–H and O–H groups in total. The van der Waals surface area contributed by atoms with Crippen molar-refractivity contribution >= 4 is 17.5 Å². The molecule has 3 rings (SSSR count). The summed E-state index contributed by atoms with van der Waals surface area (Å²) in [6, 6.07) is 8.84. The van der Waals surface area contributed by atoms with Crippen LogP contribution in [0.2, 0.25) is 5.02 Å². The molecule has 1 atom stereocenters. The van der Waals surface area contributed by atoms with Gasteiger partial charge in [-0.25, -0.2) is 0 Å². The minimum Gasteiger partial charge on any atom is -0.393 e. The highest BCUT2D eigenvalue weighted by Crippen LogP contribution is 2.22. The molecule has 0 unspecified atom stereocenters. The molecule has 1 aromatic carbocycles. The summed E-state index contributed by atoms with van der Waals surface area (Å²) in [5.74, 6) is 0.350. The summed E-state index contributed by atoms with van der Waals surface area (Å²) in [7, 11) is 0. The van der Waals surface area contributed by atoms with Crippen molar-refractivity contribution in [2.45, 2.75) is 38.5 Å². The zero-order valence-corrected chi connectivity index (χ0v) is 14.9. The van der Waals surface area contributed by atoms with Gasteiger partial charge in [0.25, 0.3) is 5.91 Å². The van der Waals surface area contributed by atoms with E-state index in [1.54, 1.807) is 12.1 Å². The number of piperidine rings is 1. The van der Waals surface area contributed by atoms with Crippen molar-refractivity contribution in [2.24, 2.45) is 0 Å². The number of benzene rings is 1. The molecule has 1 aliphatic rings. The zero-order chi connectivity index (χ0) is 17.8. The third kappa shape index (κ3) is 4.60. The van der Waals surface area contributed by atoms with Crippen molar-refractivity contribution in [2.75, 3.05) is 13.1 Å². The molecule has 0 radical (unpaired) electrons. The first-order valence-corrected chi connectivity index (χ1v) is 8.82. The van der Waals surface area contributed by atoms with Crippen molar-refractivity contribution in [1.29, 1.82) is 0 Å². The minimum absolute atomic E-state index is 0.210. The van der Waals surface area contributed by atoms with Crippen LogP contribution in [0.5, 0.6) is 0 Å². The monoisotopic (exact) mass is 363 g/mol. The molecule has 1 aromatic heterocycles. The van der Waals surface area contributed by atoms with Gasteiger partial charge in [0.2, 0.25) is 0 Å². The number of nitrogens with one attached hydrogen (secondary N) is 1. The van der Waals surface area contributed by atoms with E-state index < -0.39 is 0 Å². The first kappa shape index (κ1) is 17.9. The van der Waals surface area contributed by atoms with E-state index in [4.69, 9.17) is 16.1 Å². The Balaban J connectivity index is 1.58. The molecule has 0 saturated carbocycles. The smallest absolute Gasteiger partial charge is 0.273 e. The molecule has 1 aliphatic heterocycles. The topological polar surface area (TPSA) is 78.6 Å². The lowest BCUT2D eigenvalue weighted by Gasteiger charge is -2.28. The number of aliphatic hydroxyl groups excluding tert-OH is 1. The second-order valence-electron chi connectivity index (χ2n) is 6.40. The van der Waals surface area contributed by atoms with E-state index in [-0.39, 0.29) is 23.7 Å². The van der Waals surface area contributed by atoms with E-state index in [9.17, 15) is 9.90 Å². The van der Waals surface area contributed by atoms with Crippen LogP contribution in [0.1, 0.15) is 47.6 Å². The van der Waals surface area contributed by atoms with Gasteiger partial charge < -0.3 is 14.9 Å². The molecule has 1 amide bonds. The summed E-state index contributed by atoms with van der Waals surface area (Å²) >= 11 is 6.16. The van der Waals surface area contributed by atoms with Crippen molar-refractivity contribution in [3.05, 3.63) is 52.4 Å². The van der Waals surface area contributed by atoms with Crippen LogP contribution in [0.25, 0.3) is 0 Å². The lowest BCUT2D eigenvalue weighted by Crippen LogP contribution is -2.35. The summed E-state index contributed by atoms with van der Waals surface area (Å²) < 4.78 is 5.29. The number of aromatic nitrogens is 1. The summed E-state index contributed by atoms with van der Waals surface area (Å²) in [4.78, 5) is 14.5. The number of hydrogen-bond donors (Lipinski definition) is 2. The molecule has 2 heterocycles. The fourth-order valence-corrected chi connectivity index (χ4v) is 3.27. The maximum atomic E-state index is 12.4. The molecule has 0 bridgehead atoms. The maximum absolute atomic E-state index is 12.4. The van der Waals surface area contributed by atoms with Gasteiger partial charge in [-0.1, -0.05) is 35.0 Å². The third-order valence-electron chi connectivity index (χ3n) is 4.45. The molecular weight excluding hydrogens is 342 g/mol. The molecule has 2 aromatic rings. The SMILES string of the molecule is C[C@@H](NC(=O)c1cc(CN2CCC(O)CC2)on1)c1ccccc1Cl. The van der Waals surface area contributed by atoms with Gasteiger partial charge in [0.1, 0.15) is 0 Å². The summed E-state index contributed by atoms with van der Waals surface area (Å²) in [5.41, 5.74) is 1.11. The number of halogens is 1. The maximum Gasteiger partial charge on any atom is 0.273 e. The number of nitrogens with zero attached hydrogens (tertiary/aromatic N) is 2. The highest BCUT2D eigenvalue weighted by Gasteiger charge is 2.21. The number of carbonyl (C=O) groups is 1. The predicted molar refractivity (Wildman–Crippen MR) is 94.4 cm³/mol. The largest absolute Gasteiger partial charge is 0.393 e. The second kappa shape index (κ2) is 7.99.